The van der Waals surface area contributed by atoms with Gasteiger partial charge in [0.05, 0.1) is 6.20 Å². The average Bonchev–Trinajstić information content (AvgIpc) is 2.82. The van der Waals surface area contributed by atoms with E-state index < -0.39 is 0 Å². The molecule has 0 unspecified atom stereocenters. The first-order valence-corrected chi connectivity index (χ1v) is 7.33. The summed E-state index contributed by atoms with van der Waals surface area (Å²) >= 11 is 0. The molecule has 0 aromatic carbocycles. The van der Waals surface area contributed by atoms with E-state index >= 15 is 0 Å². The zero-order valence-corrected chi connectivity index (χ0v) is 13.6. The molecule has 2 heterocycles. The Morgan fingerprint density at radius 1 is 1.33 bits per heavy atom. The zero-order valence-electron chi connectivity index (χ0n) is 13.6. The molecule has 21 heavy (non-hydrogen) atoms. The summed E-state index contributed by atoms with van der Waals surface area (Å²) < 4.78 is 1.84. The summed E-state index contributed by atoms with van der Waals surface area (Å²) in [5.41, 5.74) is 4.69. The maximum atomic E-state index is 4.43. The van der Waals surface area contributed by atoms with Gasteiger partial charge in [0.2, 0.25) is 0 Å². The number of hydrogen-bond donors (Lipinski definition) is 1. The Hall–Kier alpha value is -1.88. The van der Waals surface area contributed by atoms with Gasteiger partial charge in [-0.2, -0.15) is 5.10 Å². The molecule has 0 atom stereocenters. The maximum Gasteiger partial charge on any atom is 0.0539 e. The highest BCUT2D eigenvalue weighted by Crippen LogP contribution is 2.21. The second-order valence-electron chi connectivity index (χ2n) is 5.87. The van der Waals surface area contributed by atoms with E-state index in [-0.39, 0.29) is 0 Å². The Kier molecular flexibility index (Phi) is 4.96. The second-order valence-corrected chi connectivity index (χ2v) is 5.87. The van der Waals surface area contributed by atoms with Crippen LogP contribution < -0.4 is 10.2 Å². The Morgan fingerprint density at radius 3 is 2.71 bits per heavy atom. The Labute approximate surface area is 127 Å². The van der Waals surface area contributed by atoms with E-state index in [0.29, 0.717) is 6.04 Å². The van der Waals surface area contributed by atoms with Gasteiger partial charge in [-0.3, -0.25) is 9.67 Å². The summed E-state index contributed by atoms with van der Waals surface area (Å²) in [5.74, 6) is 0. The van der Waals surface area contributed by atoms with Crippen LogP contribution in [-0.2, 0) is 20.1 Å². The quantitative estimate of drug-likeness (QED) is 0.885. The van der Waals surface area contributed by atoms with Gasteiger partial charge in [0.25, 0.3) is 0 Å². The van der Waals surface area contributed by atoms with Crippen molar-refractivity contribution in [3.63, 3.8) is 0 Å². The molecular weight excluding hydrogens is 262 g/mol. The molecule has 2 aromatic heterocycles. The van der Waals surface area contributed by atoms with Crippen LogP contribution in [0.3, 0.4) is 0 Å². The predicted octanol–water partition coefficient (Wildman–Crippen LogP) is 2.26. The van der Waals surface area contributed by atoms with Crippen LogP contribution in [0.4, 0.5) is 5.69 Å². The van der Waals surface area contributed by atoms with Crippen molar-refractivity contribution in [3.8, 4) is 0 Å². The van der Waals surface area contributed by atoms with E-state index in [2.05, 4.69) is 53.5 Å². The van der Waals surface area contributed by atoms with Gasteiger partial charge in [-0.25, -0.2) is 0 Å². The van der Waals surface area contributed by atoms with E-state index in [0.717, 1.165) is 18.8 Å². The summed E-state index contributed by atoms with van der Waals surface area (Å²) in [6.07, 6.45) is 5.94. The maximum absolute atomic E-state index is 4.43. The van der Waals surface area contributed by atoms with E-state index in [1.165, 1.54) is 16.8 Å². The Bertz CT molecular complexity index is 588. The minimum atomic E-state index is 0.461. The fourth-order valence-electron chi connectivity index (χ4n) is 2.29. The summed E-state index contributed by atoms with van der Waals surface area (Å²) in [6, 6.07) is 2.61. The van der Waals surface area contributed by atoms with E-state index in [9.17, 15) is 0 Å². The van der Waals surface area contributed by atoms with Crippen LogP contribution >= 0.6 is 0 Å². The molecule has 0 aliphatic heterocycles. The summed E-state index contributed by atoms with van der Waals surface area (Å²) in [6.45, 7) is 8.01. The van der Waals surface area contributed by atoms with Crippen molar-refractivity contribution < 1.29 is 0 Å². The first-order chi connectivity index (χ1) is 9.95. The van der Waals surface area contributed by atoms with Crippen LogP contribution in [0.5, 0.6) is 0 Å². The van der Waals surface area contributed by atoms with Gasteiger partial charge in [0.1, 0.15) is 0 Å². The number of hydrogen-bond acceptors (Lipinski definition) is 4. The molecule has 0 saturated carbocycles. The number of anilines is 1. The lowest BCUT2D eigenvalue weighted by Gasteiger charge is -2.23. The molecule has 2 aromatic rings. The van der Waals surface area contributed by atoms with Crippen molar-refractivity contribution in [2.75, 3.05) is 11.9 Å². The van der Waals surface area contributed by atoms with Crippen LogP contribution in [0.25, 0.3) is 0 Å². The lowest BCUT2D eigenvalue weighted by atomic mass is 10.1. The first-order valence-electron chi connectivity index (χ1n) is 7.33. The minimum Gasteiger partial charge on any atom is -0.370 e. The topological polar surface area (TPSA) is 46.0 Å². The fourth-order valence-corrected chi connectivity index (χ4v) is 2.29. The molecule has 1 N–H and O–H groups in total. The van der Waals surface area contributed by atoms with Gasteiger partial charge in [-0.05, 0) is 13.0 Å². The molecule has 0 spiro atoms. The Balaban J connectivity index is 2.17. The molecule has 0 amide bonds. The van der Waals surface area contributed by atoms with Crippen molar-refractivity contribution in [2.24, 2.45) is 7.05 Å². The highest BCUT2D eigenvalue weighted by atomic mass is 15.2. The van der Waals surface area contributed by atoms with E-state index in [1.54, 1.807) is 0 Å². The van der Waals surface area contributed by atoms with Crippen LogP contribution in [0.2, 0.25) is 0 Å². The molecule has 0 bridgehead atoms. The third kappa shape index (κ3) is 4.29. The van der Waals surface area contributed by atoms with Gasteiger partial charge < -0.3 is 10.2 Å². The van der Waals surface area contributed by atoms with Crippen LogP contribution in [0, 0.1) is 6.92 Å². The number of aryl methyl sites for hydroxylation is 2. The standard InChI is InChI=1S/C16H25N5/c1-12(2)17-8-15-9-18-13(3)6-16(15)20(4)10-14-7-19-21(5)11-14/h6-7,9,11-12,17H,8,10H2,1-5H3. The monoisotopic (exact) mass is 287 g/mol. The third-order valence-electron chi connectivity index (χ3n) is 3.39. The summed E-state index contributed by atoms with van der Waals surface area (Å²) in [4.78, 5) is 6.68. The van der Waals surface area contributed by atoms with Crippen LogP contribution in [0.15, 0.2) is 24.7 Å². The lowest BCUT2D eigenvalue weighted by Crippen LogP contribution is -2.25. The third-order valence-corrected chi connectivity index (χ3v) is 3.39. The van der Waals surface area contributed by atoms with Crippen molar-refractivity contribution in [1.29, 1.82) is 0 Å². The van der Waals surface area contributed by atoms with Crippen LogP contribution in [-0.4, -0.2) is 27.9 Å². The highest BCUT2D eigenvalue weighted by molar-refractivity contribution is 5.53. The van der Waals surface area contributed by atoms with Gasteiger partial charge in [-0.15, -0.1) is 0 Å². The average molecular weight is 287 g/mol. The fraction of sp³-hybridized carbons (Fsp3) is 0.500. The van der Waals surface area contributed by atoms with Crippen molar-refractivity contribution >= 4 is 5.69 Å². The number of aromatic nitrogens is 3. The van der Waals surface area contributed by atoms with Gasteiger partial charge in [-0.1, -0.05) is 13.8 Å². The number of pyridine rings is 1. The molecule has 0 aliphatic carbocycles. The molecule has 5 heteroatoms. The van der Waals surface area contributed by atoms with Crippen LogP contribution in [0.1, 0.15) is 30.7 Å². The van der Waals surface area contributed by atoms with E-state index in [4.69, 9.17) is 0 Å². The number of nitrogens with zero attached hydrogens (tertiary/aromatic N) is 4. The summed E-state index contributed by atoms with van der Waals surface area (Å²) in [7, 11) is 4.05. The molecule has 114 valence electrons. The normalized spacial score (nSPS) is 11.1. The van der Waals surface area contributed by atoms with E-state index in [1.807, 2.05) is 31.0 Å². The Morgan fingerprint density at radius 2 is 2.10 bits per heavy atom. The minimum absolute atomic E-state index is 0.461. The van der Waals surface area contributed by atoms with Crippen molar-refractivity contribution in [3.05, 3.63) is 41.5 Å². The van der Waals surface area contributed by atoms with Crippen molar-refractivity contribution in [1.82, 2.24) is 20.1 Å². The zero-order chi connectivity index (χ0) is 15.4. The molecular formula is C16H25N5. The van der Waals surface area contributed by atoms with Crippen molar-refractivity contribution in [2.45, 2.75) is 39.9 Å². The lowest BCUT2D eigenvalue weighted by molar-refractivity contribution is 0.587. The van der Waals surface area contributed by atoms with Gasteiger partial charge in [0.15, 0.2) is 0 Å². The number of nitrogens with one attached hydrogen (secondary N) is 1. The molecule has 0 saturated heterocycles. The SMILES string of the molecule is Cc1cc(N(C)Cc2cnn(C)c2)c(CNC(C)C)cn1. The highest BCUT2D eigenvalue weighted by Gasteiger charge is 2.10. The summed E-state index contributed by atoms with van der Waals surface area (Å²) in [5, 5.41) is 7.69. The number of rotatable bonds is 6. The smallest absolute Gasteiger partial charge is 0.0539 e. The molecule has 0 radical (unpaired) electrons. The second kappa shape index (κ2) is 6.72. The molecule has 0 aliphatic rings. The predicted molar refractivity (Wildman–Crippen MR) is 86.3 cm³/mol. The van der Waals surface area contributed by atoms with Gasteiger partial charge >= 0.3 is 0 Å². The first kappa shape index (κ1) is 15.5. The molecule has 0 fully saturated rings. The molecule has 2 rings (SSSR count). The van der Waals surface area contributed by atoms with Gasteiger partial charge in [0, 0.05) is 68.1 Å². The largest absolute Gasteiger partial charge is 0.370 e. The molecule has 5 nitrogen and oxygen atoms in total.